The Hall–Kier alpha value is -2.23. The Balaban J connectivity index is 0.000000705. The van der Waals surface area contributed by atoms with E-state index >= 15 is 0 Å². The van der Waals surface area contributed by atoms with Crippen molar-refractivity contribution in [1.29, 1.82) is 0 Å². The van der Waals surface area contributed by atoms with Crippen molar-refractivity contribution in [3.63, 3.8) is 0 Å². The second kappa shape index (κ2) is 9.92. The van der Waals surface area contributed by atoms with Gasteiger partial charge in [-0.25, -0.2) is 0 Å². The molecule has 1 N–H and O–H groups in total. The minimum atomic E-state index is -4.46. The Labute approximate surface area is 152 Å². The molecule has 0 saturated heterocycles. The second-order valence-corrected chi connectivity index (χ2v) is 15.9. The first-order valence-corrected chi connectivity index (χ1v) is 14.5. The molecule has 0 aliphatic carbocycles. The van der Waals surface area contributed by atoms with Crippen LogP contribution >= 0.6 is 0 Å². The third-order valence-electron chi connectivity index (χ3n) is 2.88. The molecule has 0 radical (unpaired) electrons. The van der Waals surface area contributed by atoms with Crippen LogP contribution in [0.1, 0.15) is 20.8 Å². The van der Waals surface area contributed by atoms with Crippen molar-refractivity contribution in [1.82, 2.24) is 0 Å². The van der Waals surface area contributed by atoms with Gasteiger partial charge in [-0.2, -0.15) is 0 Å². The maximum absolute atomic E-state index is 11.6. The number of aliphatic carboxylic acids is 1. The van der Waals surface area contributed by atoms with E-state index in [1.807, 2.05) is 60.7 Å². The molecule has 2 aromatic rings. The number of hydrogen-bond donors (Lipinski definition) is 1. The Morgan fingerprint density at radius 1 is 0.720 bits per heavy atom. The molecule has 6 nitrogen and oxygen atoms in total. The molecule has 0 spiro atoms. The predicted octanol–water partition coefficient (Wildman–Crippen LogP) is 1.46. The van der Waals surface area contributed by atoms with Crippen molar-refractivity contribution >= 4 is 46.2 Å². The van der Waals surface area contributed by atoms with Gasteiger partial charge in [0.05, 0.1) is 0 Å². The molecule has 7 heteroatoms. The summed E-state index contributed by atoms with van der Waals surface area (Å²) in [7, 11) is 0. The van der Waals surface area contributed by atoms with Crippen LogP contribution in [-0.2, 0) is 19.8 Å². The van der Waals surface area contributed by atoms with E-state index in [2.05, 4.69) is 0 Å². The number of carbonyl (C=O) groups is 3. The molecule has 0 aromatic heterocycles. The van der Waals surface area contributed by atoms with Gasteiger partial charge >= 0.3 is 130 Å². The van der Waals surface area contributed by atoms with Gasteiger partial charge in [-0.05, 0) is 0 Å². The molecule has 0 heterocycles. The normalized spacial score (nSPS) is 10.0. The maximum atomic E-state index is 11.6. The second-order valence-electron chi connectivity index (χ2n) is 5.05. The van der Waals surface area contributed by atoms with Crippen molar-refractivity contribution in [3.05, 3.63) is 60.7 Å². The Morgan fingerprint density at radius 2 is 1.00 bits per heavy atom. The van der Waals surface area contributed by atoms with Crippen LogP contribution < -0.4 is 6.25 Å². The van der Waals surface area contributed by atoms with Crippen molar-refractivity contribution < 1.29 is 24.9 Å². The molecular weight excluding hydrogens is 519 g/mol. The number of hydrogen-bond acceptors (Lipinski definition) is 5. The summed E-state index contributed by atoms with van der Waals surface area (Å²) < 4.78 is 12.9. The van der Waals surface area contributed by atoms with E-state index in [1.165, 1.54) is 13.8 Å². The first-order chi connectivity index (χ1) is 11.8. The molecule has 2 rings (SSSR count). The van der Waals surface area contributed by atoms with Crippen molar-refractivity contribution in [3.8, 4) is 0 Å². The summed E-state index contributed by atoms with van der Waals surface area (Å²) in [4.78, 5) is 32.3. The summed E-state index contributed by atoms with van der Waals surface area (Å²) in [6, 6.07) is 18.5. The van der Waals surface area contributed by atoms with Gasteiger partial charge in [0.2, 0.25) is 0 Å². The zero-order chi connectivity index (χ0) is 18.9. The predicted molar refractivity (Wildman–Crippen MR) is 94.7 cm³/mol. The van der Waals surface area contributed by atoms with E-state index in [9.17, 15) is 9.59 Å². The van der Waals surface area contributed by atoms with Crippen LogP contribution in [0.5, 0.6) is 0 Å². The minimum absolute atomic E-state index is 0.439. The molecule has 0 bridgehead atoms. The Morgan fingerprint density at radius 3 is 1.24 bits per heavy atom. The van der Waals surface area contributed by atoms with Crippen LogP contribution in [0.25, 0.3) is 0 Å². The number of carboxylic acids is 1. The molecule has 2 aromatic carbocycles. The van der Waals surface area contributed by atoms with Crippen LogP contribution in [0.3, 0.4) is 0 Å². The molecule has 0 amide bonds. The third-order valence-corrected chi connectivity index (χ3v) is 15.9. The summed E-state index contributed by atoms with van der Waals surface area (Å²) in [5, 5.41) is 7.42. The van der Waals surface area contributed by atoms with E-state index in [0.29, 0.717) is 0 Å². The fraction of sp³-hybridized carbons (Fsp3) is 0.167. The standard InChI is InChI=1S/2C6H5.3C2H4O2.Pb/c2*1-2-4-6-5-3-1;3*1-2(3)4;/h2*1-5H;3*1H3,(H,3,4);/q;;;;;+2/p-2. The van der Waals surface area contributed by atoms with Gasteiger partial charge in [-0.3, -0.25) is 4.79 Å². The summed E-state index contributed by atoms with van der Waals surface area (Å²) >= 11 is -4.46. The molecule has 0 atom stereocenters. The fourth-order valence-electron chi connectivity index (χ4n) is 2.14. The zero-order valence-corrected chi connectivity index (χ0v) is 18.1. The van der Waals surface area contributed by atoms with Gasteiger partial charge in [0.15, 0.2) is 0 Å². The number of rotatable bonds is 4. The number of benzene rings is 2. The topological polar surface area (TPSA) is 89.9 Å². The van der Waals surface area contributed by atoms with Gasteiger partial charge in [-0.1, -0.05) is 0 Å². The fourth-order valence-corrected chi connectivity index (χ4v) is 13.5. The number of carbonyl (C=O) groups excluding carboxylic acids is 2. The molecule has 0 saturated carbocycles. The summed E-state index contributed by atoms with van der Waals surface area (Å²) in [6.45, 7) is 3.76. The van der Waals surface area contributed by atoms with Crippen LogP contribution in [-0.4, -0.2) is 45.1 Å². The van der Waals surface area contributed by atoms with Gasteiger partial charge in [0.1, 0.15) is 0 Å². The van der Waals surface area contributed by atoms with Gasteiger partial charge in [-0.15, -0.1) is 0 Å². The first kappa shape index (κ1) is 20.8. The monoisotopic (exact) mass is 540 g/mol. The van der Waals surface area contributed by atoms with Crippen LogP contribution in [0, 0.1) is 0 Å². The Bertz CT molecular complexity index is 653. The molecule has 25 heavy (non-hydrogen) atoms. The van der Waals surface area contributed by atoms with Gasteiger partial charge < -0.3 is 5.11 Å². The van der Waals surface area contributed by atoms with Crippen LogP contribution in [0.2, 0.25) is 0 Å². The average molecular weight is 540 g/mol. The van der Waals surface area contributed by atoms with Crippen LogP contribution in [0.4, 0.5) is 0 Å². The quantitative estimate of drug-likeness (QED) is 0.592. The first-order valence-electron chi connectivity index (χ1n) is 7.47. The van der Waals surface area contributed by atoms with E-state index in [0.717, 1.165) is 13.2 Å². The van der Waals surface area contributed by atoms with Gasteiger partial charge in [0, 0.05) is 6.92 Å². The Kier molecular flexibility index (Phi) is 8.26. The summed E-state index contributed by atoms with van der Waals surface area (Å²) in [6.07, 6.45) is 0. The van der Waals surface area contributed by atoms with Gasteiger partial charge in [0.25, 0.3) is 5.97 Å². The number of carboxylic acid groups (broad SMARTS) is 1. The van der Waals surface area contributed by atoms with Crippen LogP contribution in [0.15, 0.2) is 60.7 Å². The van der Waals surface area contributed by atoms with E-state index < -0.39 is 40.0 Å². The molecule has 132 valence electrons. The van der Waals surface area contributed by atoms with E-state index in [4.69, 9.17) is 15.3 Å². The summed E-state index contributed by atoms with van der Waals surface area (Å²) in [5.41, 5.74) is 0. The van der Waals surface area contributed by atoms with Crippen molar-refractivity contribution in [2.45, 2.75) is 20.8 Å². The van der Waals surface area contributed by atoms with E-state index in [-0.39, 0.29) is 0 Å². The molecule has 0 aliphatic rings. The average Bonchev–Trinajstić information content (AvgIpc) is 2.54. The van der Waals surface area contributed by atoms with E-state index in [1.54, 1.807) is 0 Å². The third kappa shape index (κ3) is 6.65. The molecule has 0 aliphatic heterocycles. The zero-order valence-electron chi connectivity index (χ0n) is 14.3. The molecular formula is C18H20O6Pb. The van der Waals surface area contributed by atoms with Crippen molar-refractivity contribution in [2.24, 2.45) is 0 Å². The summed E-state index contributed by atoms with van der Waals surface area (Å²) in [5.74, 6) is -1.71. The molecule has 0 fully saturated rings. The van der Waals surface area contributed by atoms with Crippen molar-refractivity contribution in [2.75, 3.05) is 0 Å². The molecule has 0 unspecified atom stereocenters. The SMILES string of the molecule is CC(=O)O.CC(=O)[O][Pb]([O]C(C)=O)([c]1ccccc1)[c]1ccccc1.